The van der Waals surface area contributed by atoms with Crippen LogP contribution in [-0.2, 0) is 0 Å². The molecule has 0 aromatic heterocycles. The zero-order valence-electron chi connectivity index (χ0n) is 11.9. The first kappa shape index (κ1) is 14.3. The van der Waals surface area contributed by atoms with Crippen LogP contribution in [0.4, 0.5) is 0 Å². The van der Waals surface area contributed by atoms with Crippen LogP contribution in [0.5, 0.6) is 0 Å². The van der Waals surface area contributed by atoms with Crippen LogP contribution in [0.2, 0.25) is 0 Å². The molecule has 0 aliphatic heterocycles. The molecule has 0 aromatic rings. The Morgan fingerprint density at radius 1 is 1.22 bits per heavy atom. The van der Waals surface area contributed by atoms with Crippen LogP contribution in [0.3, 0.4) is 0 Å². The average molecular weight is 254 g/mol. The van der Waals surface area contributed by atoms with E-state index in [1.165, 1.54) is 38.5 Å². The van der Waals surface area contributed by atoms with Crippen LogP contribution >= 0.6 is 0 Å². The van der Waals surface area contributed by atoms with Gasteiger partial charge in [-0.05, 0) is 31.7 Å². The maximum atomic E-state index is 9.98. The number of nitrogens with zero attached hydrogens (tertiary/aromatic N) is 1. The molecule has 1 atom stereocenters. The molecule has 3 heteroatoms. The number of nitrogens with one attached hydrogen (secondary N) is 1. The third kappa shape index (κ3) is 4.87. The molecule has 2 saturated carbocycles. The topological polar surface area (TPSA) is 35.5 Å². The summed E-state index contributed by atoms with van der Waals surface area (Å²) in [4.78, 5) is 2.55. The van der Waals surface area contributed by atoms with Gasteiger partial charge in [0.1, 0.15) is 0 Å². The highest BCUT2D eigenvalue weighted by atomic mass is 16.3. The molecule has 18 heavy (non-hydrogen) atoms. The normalized spacial score (nSPS) is 22.8. The Hall–Kier alpha value is -0.120. The van der Waals surface area contributed by atoms with Crippen molar-refractivity contribution in [3.05, 3.63) is 0 Å². The second-order valence-corrected chi connectivity index (χ2v) is 6.10. The largest absolute Gasteiger partial charge is 0.392 e. The van der Waals surface area contributed by atoms with Crippen LogP contribution in [0.15, 0.2) is 0 Å². The van der Waals surface area contributed by atoms with E-state index < -0.39 is 0 Å². The van der Waals surface area contributed by atoms with Gasteiger partial charge in [-0.15, -0.1) is 0 Å². The lowest BCUT2D eigenvalue weighted by Crippen LogP contribution is -2.36. The minimum absolute atomic E-state index is 0.135. The van der Waals surface area contributed by atoms with Crippen molar-refractivity contribution in [1.82, 2.24) is 10.2 Å². The maximum absolute atomic E-state index is 9.98. The molecule has 2 rings (SSSR count). The van der Waals surface area contributed by atoms with E-state index in [-0.39, 0.29) is 6.10 Å². The lowest BCUT2D eigenvalue weighted by atomic mass is 10.0. The summed E-state index contributed by atoms with van der Waals surface area (Å²) < 4.78 is 0. The highest BCUT2D eigenvalue weighted by molar-refractivity contribution is 4.84. The summed E-state index contributed by atoms with van der Waals surface area (Å²) in [5.74, 6) is 0.792. The molecule has 2 N–H and O–H groups in total. The number of hydrogen-bond donors (Lipinski definition) is 2. The van der Waals surface area contributed by atoms with Crippen molar-refractivity contribution in [3.63, 3.8) is 0 Å². The average Bonchev–Trinajstić information content (AvgIpc) is 3.08. The van der Waals surface area contributed by atoms with E-state index in [9.17, 15) is 5.11 Å². The minimum atomic E-state index is -0.135. The molecule has 0 aromatic carbocycles. The Morgan fingerprint density at radius 2 is 1.94 bits per heavy atom. The van der Waals surface area contributed by atoms with Gasteiger partial charge in [0.25, 0.3) is 0 Å². The van der Waals surface area contributed by atoms with Gasteiger partial charge in [-0.1, -0.05) is 32.6 Å². The molecule has 2 aliphatic rings. The number of likely N-dealkylation sites (N-methyl/N-ethyl adjacent to an activating group) is 1. The summed E-state index contributed by atoms with van der Waals surface area (Å²) in [5.41, 5.74) is 0. The van der Waals surface area contributed by atoms with Crippen molar-refractivity contribution in [2.24, 2.45) is 5.92 Å². The Bertz CT molecular complexity index is 225. The predicted molar refractivity (Wildman–Crippen MR) is 75.7 cm³/mol. The van der Waals surface area contributed by atoms with E-state index in [1.807, 2.05) is 0 Å². The lowest BCUT2D eigenvalue weighted by Gasteiger charge is -2.21. The van der Waals surface area contributed by atoms with Crippen molar-refractivity contribution in [2.75, 3.05) is 26.2 Å². The van der Waals surface area contributed by atoms with Gasteiger partial charge in [-0.25, -0.2) is 0 Å². The van der Waals surface area contributed by atoms with Gasteiger partial charge in [0.15, 0.2) is 0 Å². The zero-order valence-corrected chi connectivity index (χ0v) is 11.9. The standard InChI is InChI=1S/C15H30N2O/c1-2-17(14-7-8-14)10-9-16-12-15(18)11-13-5-3-4-6-13/h13-16,18H,2-12H2,1H3. The maximum Gasteiger partial charge on any atom is 0.0667 e. The van der Waals surface area contributed by atoms with Gasteiger partial charge in [0.2, 0.25) is 0 Å². The van der Waals surface area contributed by atoms with Crippen molar-refractivity contribution in [2.45, 2.75) is 64.0 Å². The summed E-state index contributed by atoms with van der Waals surface area (Å²) in [6.07, 6.45) is 9.06. The Labute approximate surface area is 112 Å². The molecule has 0 bridgehead atoms. The number of rotatable bonds is 9. The fourth-order valence-electron chi connectivity index (χ4n) is 3.24. The van der Waals surface area contributed by atoms with Crippen LogP contribution in [0, 0.1) is 5.92 Å². The summed E-state index contributed by atoms with van der Waals surface area (Å²) >= 11 is 0. The number of hydrogen-bond acceptors (Lipinski definition) is 3. The van der Waals surface area contributed by atoms with Crippen molar-refractivity contribution < 1.29 is 5.11 Å². The van der Waals surface area contributed by atoms with E-state index in [4.69, 9.17) is 0 Å². The highest BCUT2D eigenvalue weighted by Gasteiger charge is 2.27. The lowest BCUT2D eigenvalue weighted by molar-refractivity contribution is 0.139. The summed E-state index contributed by atoms with van der Waals surface area (Å²) in [6, 6.07) is 0.861. The van der Waals surface area contributed by atoms with E-state index in [0.29, 0.717) is 0 Å². The van der Waals surface area contributed by atoms with Crippen LogP contribution in [0.1, 0.15) is 51.9 Å². The first-order chi connectivity index (χ1) is 8.79. The van der Waals surface area contributed by atoms with Gasteiger partial charge in [-0.3, -0.25) is 4.90 Å². The van der Waals surface area contributed by atoms with Crippen LogP contribution in [-0.4, -0.2) is 48.3 Å². The second-order valence-electron chi connectivity index (χ2n) is 6.10. The van der Waals surface area contributed by atoms with Crippen molar-refractivity contribution in [1.29, 1.82) is 0 Å². The van der Waals surface area contributed by atoms with Crippen molar-refractivity contribution in [3.8, 4) is 0 Å². The van der Waals surface area contributed by atoms with Gasteiger partial charge >= 0.3 is 0 Å². The van der Waals surface area contributed by atoms with Gasteiger partial charge in [0, 0.05) is 25.7 Å². The Balaban J connectivity index is 1.48. The summed E-state index contributed by atoms with van der Waals surface area (Å²) in [7, 11) is 0. The zero-order chi connectivity index (χ0) is 12.8. The predicted octanol–water partition coefficient (Wildman–Crippen LogP) is 2.00. The van der Waals surface area contributed by atoms with Crippen LogP contribution in [0.25, 0.3) is 0 Å². The molecule has 0 spiro atoms. The van der Waals surface area contributed by atoms with Gasteiger partial charge < -0.3 is 10.4 Å². The third-order valence-electron chi connectivity index (χ3n) is 4.51. The van der Waals surface area contributed by atoms with Crippen molar-refractivity contribution >= 4 is 0 Å². The summed E-state index contributed by atoms with van der Waals surface area (Å²) in [6.45, 7) is 6.34. The van der Waals surface area contributed by atoms with Crippen LogP contribution < -0.4 is 5.32 Å². The van der Waals surface area contributed by atoms with E-state index in [1.54, 1.807) is 0 Å². The Kier molecular flexibility index (Phi) is 5.93. The minimum Gasteiger partial charge on any atom is -0.392 e. The molecule has 0 radical (unpaired) electrons. The molecule has 0 amide bonds. The quantitative estimate of drug-likeness (QED) is 0.618. The smallest absolute Gasteiger partial charge is 0.0667 e. The van der Waals surface area contributed by atoms with Gasteiger partial charge in [0.05, 0.1) is 6.10 Å². The molecule has 2 fully saturated rings. The molecular formula is C15H30N2O. The molecule has 1 unspecified atom stereocenters. The third-order valence-corrected chi connectivity index (χ3v) is 4.51. The first-order valence-corrected chi connectivity index (χ1v) is 7.92. The second kappa shape index (κ2) is 7.46. The SMILES string of the molecule is CCN(CCNCC(O)CC1CCCC1)C1CC1. The molecular weight excluding hydrogens is 224 g/mol. The highest BCUT2D eigenvalue weighted by Crippen LogP contribution is 2.28. The molecule has 0 heterocycles. The monoisotopic (exact) mass is 254 g/mol. The first-order valence-electron chi connectivity index (χ1n) is 7.92. The number of aliphatic hydroxyl groups is 1. The molecule has 0 saturated heterocycles. The number of aliphatic hydroxyl groups excluding tert-OH is 1. The fraction of sp³-hybridized carbons (Fsp3) is 1.00. The Morgan fingerprint density at radius 3 is 2.56 bits per heavy atom. The van der Waals surface area contributed by atoms with E-state index in [0.717, 1.165) is 44.6 Å². The van der Waals surface area contributed by atoms with Gasteiger partial charge in [-0.2, -0.15) is 0 Å². The summed E-state index contributed by atoms with van der Waals surface area (Å²) in [5, 5.41) is 13.4. The molecule has 3 nitrogen and oxygen atoms in total. The van der Waals surface area contributed by atoms with E-state index in [2.05, 4.69) is 17.1 Å². The van der Waals surface area contributed by atoms with E-state index >= 15 is 0 Å². The fourth-order valence-corrected chi connectivity index (χ4v) is 3.24. The molecule has 106 valence electrons. The molecule has 2 aliphatic carbocycles.